The second kappa shape index (κ2) is 7.39. The number of nitrogens with one attached hydrogen (secondary N) is 1. The molecular formula is C18H27NO2. The predicted molar refractivity (Wildman–Crippen MR) is 84.2 cm³/mol. The Morgan fingerprint density at radius 3 is 3.00 bits per heavy atom. The van der Waals surface area contributed by atoms with E-state index in [4.69, 9.17) is 9.47 Å². The van der Waals surface area contributed by atoms with E-state index in [-0.39, 0.29) is 0 Å². The molecule has 1 aromatic carbocycles. The minimum atomic E-state index is 0.460. The minimum Gasteiger partial charge on any atom is -0.378 e. The second-order valence-corrected chi connectivity index (χ2v) is 6.20. The molecule has 0 saturated carbocycles. The molecule has 0 aromatic heterocycles. The van der Waals surface area contributed by atoms with Gasteiger partial charge in [-0.3, -0.25) is 0 Å². The van der Waals surface area contributed by atoms with Crippen LogP contribution in [0.15, 0.2) is 18.2 Å². The summed E-state index contributed by atoms with van der Waals surface area (Å²) in [5.74, 6) is 0. The van der Waals surface area contributed by atoms with Gasteiger partial charge < -0.3 is 14.8 Å². The number of hydrogen-bond donors (Lipinski definition) is 1. The Labute approximate surface area is 128 Å². The Bertz CT molecular complexity index is 455. The number of ether oxygens (including phenoxy) is 2. The smallest absolute Gasteiger partial charge is 0.0725 e. The zero-order chi connectivity index (χ0) is 14.5. The van der Waals surface area contributed by atoms with Crippen molar-refractivity contribution in [3.8, 4) is 0 Å². The fraction of sp³-hybridized carbons (Fsp3) is 0.667. The number of fused-ring (bicyclic) bond motifs is 1. The summed E-state index contributed by atoms with van der Waals surface area (Å²) in [5.41, 5.74) is 4.14. The maximum atomic E-state index is 5.72. The van der Waals surface area contributed by atoms with Gasteiger partial charge in [0.15, 0.2) is 0 Å². The summed E-state index contributed by atoms with van der Waals surface area (Å²) in [6.07, 6.45) is 6.63. The van der Waals surface area contributed by atoms with Gasteiger partial charge in [-0.25, -0.2) is 0 Å². The lowest BCUT2D eigenvalue weighted by Gasteiger charge is -2.20. The summed E-state index contributed by atoms with van der Waals surface area (Å²) in [6, 6.07) is 7.30. The Morgan fingerprint density at radius 1 is 1.29 bits per heavy atom. The topological polar surface area (TPSA) is 30.5 Å². The van der Waals surface area contributed by atoms with Crippen LogP contribution in [0.4, 0.5) is 0 Å². The molecule has 1 fully saturated rings. The van der Waals surface area contributed by atoms with Crippen molar-refractivity contribution in [2.24, 2.45) is 0 Å². The highest BCUT2D eigenvalue weighted by molar-refractivity contribution is 5.34. The van der Waals surface area contributed by atoms with Gasteiger partial charge in [0.05, 0.1) is 19.3 Å². The predicted octanol–water partition coefficient (Wildman–Crippen LogP) is 3.72. The molecule has 0 radical (unpaired) electrons. The van der Waals surface area contributed by atoms with Gasteiger partial charge in [0.1, 0.15) is 0 Å². The zero-order valence-electron chi connectivity index (χ0n) is 13.1. The van der Waals surface area contributed by atoms with Crippen LogP contribution in [0.5, 0.6) is 0 Å². The molecule has 2 aliphatic rings. The maximum absolute atomic E-state index is 5.72. The van der Waals surface area contributed by atoms with Crippen LogP contribution in [-0.2, 0) is 22.7 Å². The molecule has 2 aliphatic heterocycles. The molecular weight excluding hydrogens is 262 g/mol. The van der Waals surface area contributed by atoms with Crippen LogP contribution < -0.4 is 5.32 Å². The summed E-state index contributed by atoms with van der Waals surface area (Å²) < 4.78 is 11.2. The van der Waals surface area contributed by atoms with Gasteiger partial charge in [-0.15, -0.1) is 0 Å². The molecule has 116 valence electrons. The average Bonchev–Trinajstić information content (AvgIpc) is 3.16. The molecule has 0 bridgehead atoms. The highest BCUT2D eigenvalue weighted by Gasteiger charge is 2.18. The Kier molecular flexibility index (Phi) is 5.28. The average molecular weight is 289 g/mol. The summed E-state index contributed by atoms with van der Waals surface area (Å²) in [7, 11) is 0. The summed E-state index contributed by atoms with van der Waals surface area (Å²) in [4.78, 5) is 0. The Balaban J connectivity index is 1.57. The van der Waals surface area contributed by atoms with Crippen LogP contribution in [0, 0.1) is 0 Å². The molecule has 21 heavy (non-hydrogen) atoms. The largest absolute Gasteiger partial charge is 0.378 e. The Hall–Kier alpha value is -0.900. The molecule has 0 spiro atoms. The first-order valence-electron chi connectivity index (χ1n) is 8.41. The van der Waals surface area contributed by atoms with Crippen molar-refractivity contribution in [1.29, 1.82) is 0 Å². The molecule has 1 N–H and O–H groups in total. The van der Waals surface area contributed by atoms with Crippen molar-refractivity contribution in [3.63, 3.8) is 0 Å². The van der Waals surface area contributed by atoms with Crippen LogP contribution >= 0.6 is 0 Å². The summed E-state index contributed by atoms with van der Waals surface area (Å²) in [5, 5.41) is 3.63. The van der Waals surface area contributed by atoms with Gasteiger partial charge in [0, 0.05) is 12.6 Å². The first-order chi connectivity index (χ1) is 10.4. The first-order valence-corrected chi connectivity index (χ1v) is 8.41. The lowest BCUT2D eigenvalue weighted by molar-refractivity contribution is 0.101. The number of benzene rings is 1. The van der Waals surface area contributed by atoms with Crippen molar-refractivity contribution >= 4 is 0 Å². The maximum Gasteiger partial charge on any atom is 0.0725 e. The highest BCUT2D eigenvalue weighted by Crippen LogP contribution is 2.27. The van der Waals surface area contributed by atoms with Crippen molar-refractivity contribution in [1.82, 2.24) is 5.32 Å². The normalized spacial score (nSPS) is 22.4. The summed E-state index contributed by atoms with van der Waals surface area (Å²) >= 11 is 0. The molecule has 2 unspecified atom stereocenters. The van der Waals surface area contributed by atoms with Crippen LogP contribution in [0.3, 0.4) is 0 Å². The van der Waals surface area contributed by atoms with Gasteiger partial charge in [-0.2, -0.15) is 0 Å². The highest BCUT2D eigenvalue weighted by atomic mass is 16.5. The van der Waals surface area contributed by atoms with Gasteiger partial charge in [-0.1, -0.05) is 25.1 Å². The van der Waals surface area contributed by atoms with E-state index >= 15 is 0 Å². The fourth-order valence-corrected chi connectivity index (χ4v) is 3.46. The molecule has 0 aliphatic carbocycles. The lowest BCUT2D eigenvalue weighted by Crippen LogP contribution is -2.21. The van der Waals surface area contributed by atoms with E-state index in [9.17, 15) is 0 Å². The monoisotopic (exact) mass is 289 g/mol. The third-order valence-corrected chi connectivity index (χ3v) is 4.64. The summed E-state index contributed by atoms with van der Waals surface area (Å²) in [6.45, 7) is 5.71. The van der Waals surface area contributed by atoms with Gasteiger partial charge in [-0.05, 0) is 55.3 Å². The fourth-order valence-electron chi connectivity index (χ4n) is 3.46. The minimum absolute atomic E-state index is 0.460. The SMILES string of the molecule is CCNC(CCCC1CCCO1)c1ccc2c(c1)COC2. The number of hydrogen-bond acceptors (Lipinski definition) is 3. The Morgan fingerprint density at radius 2 is 2.19 bits per heavy atom. The van der Waals surface area contributed by atoms with Gasteiger partial charge in [0.25, 0.3) is 0 Å². The molecule has 3 nitrogen and oxygen atoms in total. The van der Waals surface area contributed by atoms with E-state index in [1.54, 1.807) is 0 Å². The lowest BCUT2D eigenvalue weighted by atomic mass is 9.96. The van der Waals surface area contributed by atoms with Gasteiger partial charge in [0.2, 0.25) is 0 Å². The molecule has 2 atom stereocenters. The molecule has 3 rings (SSSR count). The molecule has 0 amide bonds. The van der Waals surface area contributed by atoms with Crippen molar-refractivity contribution < 1.29 is 9.47 Å². The van der Waals surface area contributed by atoms with Crippen LogP contribution in [0.1, 0.15) is 61.8 Å². The second-order valence-electron chi connectivity index (χ2n) is 6.20. The van der Waals surface area contributed by atoms with Crippen molar-refractivity contribution in [3.05, 3.63) is 34.9 Å². The van der Waals surface area contributed by atoms with E-state index in [1.165, 1.54) is 48.8 Å². The third-order valence-electron chi connectivity index (χ3n) is 4.64. The third kappa shape index (κ3) is 3.85. The van der Waals surface area contributed by atoms with Crippen LogP contribution in [-0.4, -0.2) is 19.3 Å². The van der Waals surface area contributed by atoms with E-state index in [1.807, 2.05) is 0 Å². The van der Waals surface area contributed by atoms with Gasteiger partial charge >= 0.3 is 0 Å². The number of rotatable bonds is 7. The van der Waals surface area contributed by atoms with Crippen LogP contribution in [0.25, 0.3) is 0 Å². The quantitative estimate of drug-likeness (QED) is 0.830. The molecule has 2 heterocycles. The van der Waals surface area contributed by atoms with Crippen LogP contribution in [0.2, 0.25) is 0 Å². The first kappa shape index (κ1) is 15.0. The standard InChI is InChI=1S/C18H27NO2/c1-2-19-18(7-3-5-17-6-4-10-21-17)14-8-9-15-12-20-13-16(15)11-14/h8-9,11,17-19H,2-7,10,12-13H2,1H3. The molecule has 1 aromatic rings. The van der Waals surface area contributed by atoms with Crippen molar-refractivity contribution in [2.75, 3.05) is 13.2 Å². The molecule has 3 heteroatoms. The van der Waals surface area contributed by atoms with E-state index in [0.29, 0.717) is 12.1 Å². The van der Waals surface area contributed by atoms with E-state index < -0.39 is 0 Å². The van der Waals surface area contributed by atoms with E-state index in [0.717, 1.165) is 26.4 Å². The molecule has 1 saturated heterocycles. The van der Waals surface area contributed by atoms with E-state index in [2.05, 4.69) is 30.4 Å². The van der Waals surface area contributed by atoms with Crippen molar-refractivity contribution in [2.45, 2.75) is 64.4 Å². The zero-order valence-corrected chi connectivity index (χ0v) is 13.1.